The van der Waals surface area contributed by atoms with Crippen molar-refractivity contribution in [3.63, 3.8) is 0 Å². The SMILES string of the molecule is CN1C(=O)CC[C@H](CNC2CCc3ccccc3C2)[C@H]1c1cnn(C)c1. The summed E-state index contributed by atoms with van der Waals surface area (Å²) in [7, 11) is 3.86. The van der Waals surface area contributed by atoms with Crippen molar-refractivity contribution in [3.05, 3.63) is 53.3 Å². The van der Waals surface area contributed by atoms with Gasteiger partial charge >= 0.3 is 0 Å². The predicted octanol–water partition coefficient (Wildman–Crippen LogP) is 2.48. The van der Waals surface area contributed by atoms with Crippen LogP contribution in [0.15, 0.2) is 36.7 Å². The second-order valence-electron chi connectivity index (χ2n) is 7.81. The molecule has 1 saturated heterocycles. The maximum Gasteiger partial charge on any atom is 0.222 e. The predicted molar refractivity (Wildman–Crippen MR) is 102 cm³/mol. The van der Waals surface area contributed by atoms with Crippen LogP contribution >= 0.6 is 0 Å². The molecule has 1 N–H and O–H groups in total. The van der Waals surface area contributed by atoms with Crippen LogP contribution in [0, 0.1) is 5.92 Å². The van der Waals surface area contributed by atoms with Crippen molar-refractivity contribution in [2.24, 2.45) is 13.0 Å². The van der Waals surface area contributed by atoms with Crippen LogP contribution in [0.1, 0.15) is 42.0 Å². The molecule has 1 aromatic carbocycles. The molecule has 1 aliphatic carbocycles. The number of carbonyl (C=O) groups excluding carboxylic acids is 1. The minimum atomic E-state index is 0.119. The van der Waals surface area contributed by atoms with Crippen molar-refractivity contribution in [2.75, 3.05) is 13.6 Å². The standard InChI is InChI=1S/C21H28N4O/c1-24-14-18(13-23-24)21-17(8-10-20(26)25(21)2)12-22-19-9-7-15-5-3-4-6-16(15)11-19/h3-6,13-14,17,19,21-22H,7-12H2,1-2H3/t17-,19?,21+/m1/s1. The van der Waals surface area contributed by atoms with Crippen molar-refractivity contribution >= 4 is 5.91 Å². The molecule has 4 rings (SSSR count). The fourth-order valence-electron chi connectivity index (χ4n) is 4.61. The van der Waals surface area contributed by atoms with Crippen molar-refractivity contribution in [3.8, 4) is 0 Å². The van der Waals surface area contributed by atoms with Gasteiger partial charge in [-0.1, -0.05) is 24.3 Å². The molecule has 0 spiro atoms. The Labute approximate surface area is 155 Å². The van der Waals surface area contributed by atoms with Gasteiger partial charge in [-0.2, -0.15) is 5.10 Å². The zero-order chi connectivity index (χ0) is 18.1. The monoisotopic (exact) mass is 352 g/mol. The van der Waals surface area contributed by atoms with Crippen molar-refractivity contribution in [1.29, 1.82) is 0 Å². The summed E-state index contributed by atoms with van der Waals surface area (Å²) in [6.07, 6.45) is 8.99. The molecule has 1 amide bonds. The van der Waals surface area contributed by atoms with E-state index in [1.807, 2.05) is 36.1 Å². The van der Waals surface area contributed by atoms with E-state index in [1.165, 1.54) is 17.5 Å². The zero-order valence-corrected chi connectivity index (χ0v) is 15.7. The highest BCUT2D eigenvalue weighted by Gasteiger charge is 2.35. The lowest BCUT2D eigenvalue weighted by molar-refractivity contribution is -0.137. The summed E-state index contributed by atoms with van der Waals surface area (Å²) >= 11 is 0. The number of benzene rings is 1. The molecule has 1 aliphatic heterocycles. The minimum Gasteiger partial charge on any atom is -0.338 e. The van der Waals surface area contributed by atoms with Gasteiger partial charge in [0.05, 0.1) is 12.2 Å². The molecule has 2 aliphatic rings. The quantitative estimate of drug-likeness (QED) is 0.920. The second-order valence-corrected chi connectivity index (χ2v) is 7.81. The molecule has 5 heteroatoms. The summed E-state index contributed by atoms with van der Waals surface area (Å²) in [4.78, 5) is 14.2. The molecule has 5 nitrogen and oxygen atoms in total. The molecule has 2 heterocycles. The fourth-order valence-corrected chi connectivity index (χ4v) is 4.61. The van der Waals surface area contributed by atoms with Crippen LogP contribution in [0.4, 0.5) is 0 Å². The lowest BCUT2D eigenvalue weighted by Gasteiger charge is -2.39. The van der Waals surface area contributed by atoms with E-state index >= 15 is 0 Å². The van der Waals surface area contributed by atoms with Crippen molar-refractivity contribution in [1.82, 2.24) is 20.0 Å². The number of hydrogen-bond acceptors (Lipinski definition) is 3. The molecule has 0 bridgehead atoms. The maximum atomic E-state index is 12.3. The number of nitrogens with one attached hydrogen (secondary N) is 1. The van der Waals surface area contributed by atoms with Crippen LogP contribution < -0.4 is 5.32 Å². The molecule has 0 saturated carbocycles. The van der Waals surface area contributed by atoms with Crippen LogP contribution in [0.5, 0.6) is 0 Å². The van der Waals surface area contributed by atoms with Crippen LogP contribution in [0.25, 0.3) is 0 Å². The van der Waals surface area contributed by atoms with Crippen LogP contribution in [-0.4, -0.2) is 40.2 Å². The summed E-state index contributed by atoms with van der Waals surface area (Å²) < 4.78 is 1.82. The molecule has 1 unspecified atom stereocenters. The number of amides is 1. The van der Waals surface area contributed by atoms with E-state index in [-0.39, 0.29) is 11.9 Å². The number of likely N-dealkylation sites (tertiary alicyclic amines) is 1. The third kappa shape index (κ3) is 3.40. The lowest BCUT2D eigenvalue weighted by atomic mass is 9.84. The summed E-state index contributed by atoms with van der Waals surface area (Å²) in [6.45, 7) is 0.948. The Hall–Kier alpha value is -2.14. The first-order valence-corrected chi connectivity index (χ1v) is 9.66. The van der Waals surface area contributed by atoms with Gasteiger partial charge in [-0.15, -0.1) is 0 Å². The average molecular weight is 352 g/mol. The van der Waals surface area contributed by atoms with E-state index in [2.05, 4.69) is 34.7 Å². The van der Waals surface area contributed by atoms with Crippen LogP contribution in [-0.2, 0) is 24.7 Å². The Bertz CT molecular complexity index is 784. The molecular formula is C21H28N4O. The van der Waals surface area contributed by atoms with Crippen molar-refractivity contribution in [2.45, 2.75) is 44.2 Å². The normalized spacial score (nSPS) is 26.0. The van der Waals surface area contributed by atoms with Crippen LogP contribution in [0.2, 0.25) is 0 Å². The molecule has 0 radical (unpaired) electrons. The number of piperidine rings is 1. The van der Waals surface area contributed by atoms with Gasteiger partial charge in [-0.25, -0.2) is 0 Å². The van der Waals surface area contributed by atoms with Gasteiger partial charge in [0.2, 0.25) is 5.91 Å². The fraction of sp³-hybridized carbons (Fsp3) is 0.524. The Kier molecular flexibility index (Phi) is 4.81. The number of hydrogen-bond donors (Lipinski definition) is 1. The molecule has 138 valence electrons. The van der Waals surface area contributed by atoms with Crippen LogP contribution in [0.3, 0.4) is 0 Å². The molecular weight excluding hydrogens is 324 g/mol. The average Bonchev–Trinajstić information content (AvgIpc) is 3.08. The molecule has 1 aromatic heterocycles. The number of rotatable bonds is 4. The van der Waals surface area contributed by atoms with E-state index in [0.717, 1.165) is 31.4 Å². The van der Waals surface area contributed by atoms with Gasteiger partial charge in [0.1, 0.15) is 0 Å². The molecule has 26 heavy (non-hydrogen) atoms. The summed E-state index contributed by atoms with van der Waals surface area (Å²) in [5, 5.41) is 8.13. The third-order valence-corrected chi connectivity index (χ3v) is 6.07. The first-order valence-electron chi connectivity index (χ1n) is 9.66. The van der Waals surface area contributed by atoms with Gasteiger partial charge in [-0.3, -0.25) is 9.48 Å². The number of aromatic nitrogens is 2. The van der Waals surface area contributed by atoms with E-state index in [0.29, 0.717) is 18.4 Å². The number of carbonyl (C=O) groups is 1. The number of fused-ring (bicyclic) bond motifs is 1. The van der Waals surface area contributed by atoms with Gasteiger partial charge in [0.25, 0.3) is 0 Å². The van der Waals surface area contributed by atoms with Gasteiger partial charge in [-0.05, 0) is 42.7 Å². The third-order valence-electron chi connectivity index (χ3n) is 6.07. The Morgan fingerprint density at radius 1 is 1.15 bits per heavy atom. The van der Waals surface area contributed by atoms with Gasteiger partial charge < -0.3 is 10.2 Å². The van der Waals surface area contributed by atoms with Gasteiger partial charge in [0.15, 0.2) is 0 Å². The summed E-state index contributed by atoms with van der Waals surface area (Å²) in [5.41, 5.74) is 4.13. The second kappa shape index (κ2) is 7.23. The molecule has 1 fully saturated rings. The lowest BCUT2D eigenvalue weighted by Crippen LogP contribution is -2.46. The van der Waals surface area contributed by atoms with Gasteiger partial charge in [0, 0.05) is 44.9 Å². The first kappa shape index (κ1) is 17.3. The van der Waals surface area contributed by atoms with E-state index in [9.17, 15) is 4.79 Å². The highest BCUT2D eigenvalue weighted by atomic mass is 16.2. The highest BCUT2D eigenvalue weighted by molar-refractivity contribution is 5.77. The van der Waals surface area contributed by atoms with E-state index in [4.69, 9.17) is 0 Å². The Morgan fingerprint density at radius 3 is 2.73 bits per heavy atom. The summed E-state index contributed by atoms with van der Waals surface area (Å²) in [6, 6.07) is 9.44. The largest absolute Gasteiger partial charge is 0.338 e. The Balaban J connectivity index is 1.44. The summed E-state index contributed by atoms with van der Waals surface area (Å²) in [5.74, 6) is 0.667. The zero-order valence-electron chi connectivity index (χ0n) is 15.7. The topological polar surface area (TPSA) is 50.2 Å². The smallest absolute Gasteiger partial charge is 0.222 e. The van der Waals surface area contributed by atoms with Crippen molar-refractivity contribution < 1.29 is 4.79 Å². The molecule has 2 aromatic rings. The van der Waals surface area contributed by atoms with E-state index in [1.54, 1.807) is 0 Å². The molecule has 3 atom stereocenters. The Morgan fingerprint density at radius 2 is 1.96 bits per heavy atom. The maximum absolute atomic E-state index is 12.3. The minimum absolute atomic E-state index is 0.119. The highest BCUT2D eigenvalue weighted by Crippen LogP contribution is 2.35. The number of aryl methyl sites for hydroxylation is 2. The van der Waals surface area contributed by atoms with E-state index < -0.39 is 0 Å². The number of nitrogens with zero attached hydrogens (tertiary/aromatic N) is 3. The first-order chi connectivity index (χ1) is 12.6.